The summed E-state index contributed by atoms with van der Waals surface area (Å²) in [7, 11) is 7.17. The number of aliphatic hydroxyl groups is 1. The second kappa shape index (κ2) is 8.85. The average Bonchev–Trinajstić information content (AvgIpc) is 3.25. The van der Waals surface area contributed by atoms with Crippen LogP contribution in [0.25, 0.3) is 0 Å². The van der Waals surface area contributed by atoms with Crippen LogP contribution in [0, 0.1) is 0 Å². The molecule has 2 atom stereocenters. The van der Waals surface area contributed by atoms with E-state index < -0.39 is 0 Å². The topological polar surface area (TPSA) is 66.4 Å². The molecule has 2 aromatic carbocycles. The van der Waals surface area contributed by atoms with Crippen molar-refractivity contribution in [3.05, 3.63) is 41.0 Å². The predicted molar refractivity (Wildman–Crippen MR) is 116 cm³/mol. The normalized spacial score (nSPS) is 21.5. The molecule has 0 amide bonds. The van der Waals surface area contributed by atoms with Gasteiger partial charge >= 0.3 is 0 Å². The van der Waals surface area contributed by atoms with Crippen LogP contribution >= 0.6 is 0 Å². The summed E-state index contributed by atoms with van der Waals surface area (Å²) in [4.78, 5) is 0. The Kier molecular flexibility index (Phi) is 6.16. The Labute approximate surface area is 183 Å². The van der Waals surface area contributed by atoms with E-state index in [9.17, 15) is 5.11 Å². The van der Waals surface area contributed by atoms with Crippen LogP contribution in [0.4, 0.5) is 0 Å². The molecule has 2 aliphatic heterocycles. The van der Waals surface area contributed by atoms with Crippen molar-refractivity contribution in [1.29, 1.82) is 0 Å². The summed E-state index contributed by atoms with van der Waals surface area (Å²) in [5, 5.41) is 9.51. The van der Waals surface area contributed by atoms with Gasteiger partial charge in [0.25, 0.3) is 0 Å². The number of likely N-dealkylation sites (N-methyl/N-ethyl adjacent to an activating group) is 1. The van der Waals surface area contributed by atoms with Crippen LogP contribution in [-0.4, -0.2) is 64.5 Å². The van der Waals surface area contributed by atoms with Gasteiger partial charge in [0.05, 0.1) is 41.5 Å². The maximum absolute atomic E-state index is 9.51. The van der Waals surface area contributed by atoms with E-state index in [4.69, 9.17) is 23.7 Å². The molecule has 0 bridgehead atoms. The maximum atomic E-state index is 9.51. The first-order valence-electron chi connectivity index (χ1n) is 10.7. The molecule has 0 aromatic heterocycles. The smallest absolute Gasteiger partial charge is 0.231 e. The first kappa shape index (κ1) is 21.6. The summed E-state index contributed by atoms with van der Waals surface area (Å²) < 4.78 is 28.8. The van der Waals surface area contributed by atoms with Crippen molar-refractivity contribution in [1.82, 2.24) is 0 Å². The molecule has 7 nitrogen and oxygen atoms in total. The van der Waals surface area contributed by atoms with Crippen molar-refractivity contribution in [2.75, 3.05) is 54.9 Å². The number of fused-ring (bicyclic) bond motifs is 2. The number of aliphatic hydroxyl groups excluding tert-OH is 1. The third-order valence-electron chi connectivity index (χ3n) is 6.62. The van der Waals surface area contributed by atoms with Crippen molar-refractivity contribution in [2.45, 2.75) is 25.3 Å². The van der Waals surface area contributed by atoms with Crippen LogP contribution in [0.1, 0.15) is 29.2 Å². The molecule has 1 N–H and O–H groups in total. The van der Waals surface area contributed by atoms with E-state index in [1.165, 1.54) is 11.1 Å². The molecule has 0 saturated heterocycles. The van der Waals surface area contributed by atoms with E-state index in [-0.39, 0.29) is 19.4 Å². The third-order valence-corrected chi connectivity index (χ3v) is 6.62. The lowest BCUT2D eigenvalue weighted by Crippen LogP contribution is -2.52. The lowest BCUT2D eigenvalue weighted by Gasteiger charge is -2.46. The molecule has 0 saturated carbocycles. The minimum atomic E-state index is 0.193. The van der Waals surface area contributed by atoms with Gasteiger partial charge in [0.1, 0.15) is 6.04 Å². The first-order chi connectivity index (χ1) is 15.0. The molecular weight excluding hydrogens is 398 g/mol. The van der Waals surface area contributed by atoms with Gasteiger partial charge in [-0.2, -0.15) is 0 Å². The molecule has 2 aromatic rings. The Morgan fingerprint density at radius 2 is 1.68 bits per heavy atom. The van der Waals surface area contributed by atoms with Crippen LogP contribution < -0.4 is 23.7 Å². The van der Waals surface area contributed by atoms with E-state index in [1.54, 1.807) is 21.3 Å². The molecule has 1 unspecified atom stereocenters. The predicted octanol–water partition coefficient (Wildman–Crippen LogP) is 3.11. The number of benzene rings is 2. The molecule has 0 spiro atoms. The Morgan fingerprint density at radius 1 is 1.00 bits per heavy atom. The monoisotopic (exact) mass is 430 g/mol. The number of quaternary nitrogens is 1. The van der Waals surface area contributed by atoms with Crippen molar-refractivity contribution in [3.8, 4) is 28.7 Å². The van der Waals surface area contributed by atoms with E-state index >= 15 is 0 Å². The quantitative estimate of drug-likeness (QED) is 0.650. The van der Waals surface area contributed by atoms with E-state index in [1.807, 2.05) is 12.1 Å². The summed E-state index contributed by atoms with van der Waals surface area (Å²) in [5.41, 5.74) is 3.70. The third kappa shape index (κ3) is 4.00. The Morgan fingerprint density at radius 3 is 2.29 bits per heavy atom. The molecule has 0 fully saturated rings. The van der Waals surface area contributed by atoms with Crippen molar-refractivity contribution in [2.24, 2.45) is 0 Å². The average molecular weight is 431 g/mol. The van der Waals surface area contributed by atoms with Crippen LogP contribution in [-0.2, 0) is 12.8 Å². The summed E-state index contributed by atoms with van der Waals surface area (Å²) >= 11 is 0. The van der Waals surface area contributed by atoms with Gasteiger partial charge in [-0.05, 0) is 35.4 Å². The molecule has 168 valence electrons. The molecule has 0 radical (unpaired) electrons. The molecule has 2 heterocycles. The highest BCUT2D eigenvalue weighted by Crippen LogP contribution is 2.45. The van der Waals surface area contributed by atoms with Gasteiger partial charge < -0.3 is 33.3 Å². The maximum Gasteiger partial charge on any atom is 0.231 e. The van der Waals surface area contributed by atoms with E-state index in [0.717, 1.165) is 53.9 Å². The van der Waals surface area contributed by atoms with Gasteiger partial charge in [0.2, 0.25) is 12.5 Å². The second-order valence-electron chi connectivity index (χ2n) is 8.41. The van der Waals surface area contributed by atoms with Crippen LogP contribution in [0.15, 0.2) is 24.3 Å². The van der Waals surface area contributed by atoms with Crippen LogP contribution in [0.3, 0.4) is 0 Å². The lowest BCUT2D eigenvalue weighted by molar-refractivity contribution is -0.941. The van der Waals surface area contributed by atoms with E-state index in [0.29, 0.717) is 17.2 Å². The van der Waals surface area contributed by atoms with Gasteiger partial charge in [0.15, 0.2) is 23.0 Å². The minimum absolute atomic E-state index is 0.193. The van der Waals surface area contributed by atoms with Gasteiger partial charge in [0, 0.05) is 31.4 Å². The van der Waals surface area contributed by atoms with Gasteiger partial charge in [-0.3, -0.25) is 0 Å². The fourth-order valence-electron chi connectivity index (χ4n) is 4.90. The zero-order valence-electron chi connectivity index (χ0n) is 18.8. The largest absolute Gasteiger partial charge is 0.493 e. The fourth-order valence-corrected chi connectivity index (χ4v) is 4.90. The molecule has 0 aliphatic carbocycles. The molecular formula is C24H32NO6+. The number of hydrogen-bond donors (Lipinski definition) is 1. The first-order valence-corrected chi connectivity index (χ1v) is 10.7. The Bertz CT molecular complexity index is 921. The summed E-state index contributed by atoms with van der Waals surface area (Å²) in [5.74, 6) is 3.55. The standard InChI is InChI=1S/C24H32NO6/c1-25(7-5-9-26)8-6-17-13-20-21(31-15-30-20)14-18(17)19(25)10-16-11-22(27-2)24(29-4)23(12-16)28-3/h11-14,19,26H,5-10,15H2,1-4H3/q+1/t19-,25?/m1/s1. The number of rotatable bonds is 8. The summed E-state index contributed by atoms with van der Waals surface area (Å²) in [6.07, 6.45) is 2.53. The number of ether oxygens (including phenoxy) is 5. The summed E-state index contributed by atoms with van der Waals surface area (Å²) in [6.45, 7) is 2.37. The molecule has 31 heavy (non-hydrogen) atoms. The molecule has 4 rings (SSSR count). The zero-order chi connectivity index (χ0) is 22.0. The highest BCUT2D eigenvalue weighted by Gasteiger charge is 2.40. The number of hydrogen-bond acceptors (Lipinski definition) is 6. The van der Waals surface area contributed by atoms with Gasteiger partial charge in [-0.25, -0.2) is 0 Å². The van der Waals surface area contributed by atoms with Crippen LogP contribution in [0.5, 0.6) is 28.7 Å². The Hall–Kier alpha value is -2.64. The fraction of sp³-hybridized carbons (Fsp3) is 0.500. The lowest BCUT2D eigenvalue weighted by atomic mass is 9.86. The van der Waals surface area contributed by atoms with Crippen molar-refractivity contribution >= 4 is 0 Å². The van der Waals surface area contributed by atoms with Gasteiger partial charge in [-0.15, -0.1) is 0 Å². The highest BCUT2D eigenvalue weighted by atomic mass is 16.7. The van der Waals surface area contributed by atoms with Crippen molar-refractivity contribution < 1.29 is 33.3 Å². The highest BCUT2D eigenvalue weighted by molar-refractivity contribution is 5.55. The van der Waals surface area contributed by atoms with Crippen molar-refractivity contribution in [3.63, 3.8) is 0 Å². The number of nitrogens with zero attached hydrogens (tertiary/aromatic N) is 1. The Balaban J connectivity index is 1.77. The number of methoxy groups -OCH3 is 3. The minimum Gasteiger partial charge on any atom is -0.493 e. The molecule has 2 aliphatic rings. The summed E-state index contributed by atoms with van der Waals surface area (Å²) in [6, 6.07) is 8.54. The van der Waals surface area contributed by atoms with Gasteiger partial charge in [-0.1, -0.05) is 0 Å². The zero-order valence-corrected chi connectivity index (χ0v) is 18.8. The van der Waals surface area contributed by atoms with Crippen LogP contribution in [0.2, 0.25) is 0 Å². The SMILES string of the molecule is COc1cc(C[C@@H]2c3cc4c(cc3CC[N+]2(C)CCCO)OCO4)cc(OC)c1OC. The molecule has 7 heteroatoms. The second-order valence-corrected chi connectivity index (χ2v) is 8.41. The van der Waals surface area contributed by atoms with E-state index in [2.05, 4.69) is 19.2 Å².